The van der Waals surface area contributed by atoms with Crippen LogP contribution >= 0.6 is 0 Å². The summed E-state index contributed by atoms with van der Waals surface area (Å²) in [4.78, 5) is 13.7. The fourth-order valence-corrected chi connectivity index (χ4v) is 2.78. The van der Waals surface area contributed by atoms with Gasteiger partial charge in [0.2, 0.25) is 12.7 Å². The van der Waals surface area contributed by atoms with Crippen LogP contribution in [0.25, 0.3) is 6.08 Å². The van der Waals surface area contributed by atoms with E-state index < -0.39 is 0 Å². The fourth-order valence-electron chi connectivity index (χ4n) is 2.78. The van der Waals surface area contributed by atoms with E-state index >= 15 is 0 Å². The molecule has 1 aromatic rings. The summed E-state index contributed by atoms with van der Waals surface area (Å²) in [5.74, 6) is 1.75. The molecule has 0 aromatic heterocycles. The Hall–Kier alpha value is -2.49. The molecule has 4 nitrogen and oxygen atoms in total. The average molecular weight is 325 g/mol. The molecule has 1 amide bonds. The first-order chi connectivity index (χ1) is 11.8. The molecule has 0 saturated carbocycles. The summed E-state index contributed by atoms with van der Waals surface area (Å²) in [6.07, 6.45) is 15.9. The number of amides is 1. The number of benzene rings is 1. The number of carbonyl (C=O) groups is 1. The Balaban J connectivity index is 1.36. The molecule has 0 atom stereocenters. The number of allylic oxidation sites excluding steroid dienone is 4. The number of carbonyl (C=O) groups excluding carboxylic acids is 1. The molecule has 0 spiro atoms. The molecule has 2 aliphatic rings. The quantitative estimate of drug-likeness (QED) is 0.452. The van der Waals surface area contributed by atoms with Crippen LogP contribution in [0.3, 0.4) is 0 Å². The Morgan fingerprint density at radius 2 is 1.83 bits per heavy atom. The van der Waals surface area contributed by atoms with Crippen molar-refractivity contribution in [2.45, 2.75) is 25.7 Å². The molecule has 2 heterocycles. The van der Waals surface area contributed by atoms with E-state index in [0.717, 1.165) is 55.8 Å². The normalized spacial score (nSPS) is 16.9. The monoisotopic (exact) mass is 325 g/mol. The summed E-state index contributed by atoms with van der Waals surface area (Å²) in [6.45, 7) is 2.11. The van der Waals surface area contributed by atoms with Crippen molar-refractivity contribution < 1.29 is 14.3 Å². The maximum absolute atomic E-state index is 11.8. The molecule has 0 bridgehead atoms. The first-order valence-corrected chi connectivity index (χ1v) is 8.51. The molecule has 24 heavy (non-hydrogen) atoms. The number of likely N-dealkylation sites (tertiary alicyclic amines) is 1. The van der Waals surface area contributed by atoms with Crippen LogP contribution in [0, 0.1) is 0 Å². The summed E-state index contributed by atoms with van der Waals surface area (Å²) >= 11 is 0. The topological polar surface area (TPSA) is 38.8 Å². The first kappa shape index (κ1) is 16.4. The minimum Gasteiger partial charge on any atom is -0.454 e. The summed E-state index contributed by atoms with van der Waals surface area (Å²) in [6, 6.07) is 5.94. The average Bonchev–Trinajstić information content (AvgIpc) is 3.28. The van der Waals surface area contributed by atoms with Gasteiger partial charge in [0, 0.05) is 19.2 Å². The van der Waals surface area contributed by atoms with Gasteiger partial charge in [-0.2, -0.15) is 0 Å². The third kappa shape index (κ3) is 4.51. The number of ether oxygens (including phenoxy) is 2. The van der Waals surface area contributed by atoms with Gasteiger partial charge < -0.3 is 14.4 Å². The SMILES string of the molecule is O=C(/C=C\C=C/CC/C=C/c1ccc2c(c1)OCO2)N1CCCC1. The van der Waals surface area contributed by atoms with Gasteiger partial charge >= 0.3 is 0 Å². The number of hydrogen-bond donors (Lipinski definition) is 0. The lowest BCUT2D eigenvalue weighted by Gasteiger charge is -2.11. The van der Waals surface area contributed by atoms with E-state index in [4.69, 9.17) is 9.47 Å². The van der Waals surface area contributed by atoms with Gasteiger partial charge in [0.05, 0.1) is 0 Å². The molecule has 1 fully saturated rings. The van der Waals surface area contributed by atoms with Gasteiger partial charge in [0.25, 0.3) is 0 Å². The molecule has 4 heteroatoms. The molecule has 3 rings (SSSR count). The van der Waals surface area contributed by atoms with Crippen LogP contribution in [0.2, 0.25) is 0 Å². The molecule has 2 aliphatic heterocycles. The molecule has 126 valence electrons. The van der Waals surface area contributed by atoms with Crippen molar-refractivity contribution >= 4 is 12.0 Å². The van der Waals surface area contributed by atoms with E-state index in [1.54, 1.807) is 6.08 Å². The second kappa shape index (κ2) is 8.39. The van der Waals surface area contributed by atoms with E-state index in [-0.39, 0.29) is 5.91 Å². The van der Waals surface area contributed by atoms with Crippen LogP contribution < -0.4 is 9.47 Å². The minimum absolute atomic E-state index is 0.125. The number of unbranched alkanes of at least 4 members (excludes halogenated alkanes) is 1. The second-order valence-electron chi connectivity index (χ2n) is 5.91. The lowest BCUT2D eigenvalue weighted by atomic mass is 10.1. The number of rotatable bonds is 6. The van der Waals surface area contributed by atoms with Crippen molar-refractivity contribution in [3.8, 4) is 11.5 Å². The van der Waals surface area contributed by atoms with Crippen LogP contribution in [0.4, 0.5) is 0 Å². The van der Waals surface area contributed by atoms with Crippen molar-refractivity contribution in [3.05, 3.63) is 54.1 Å². The molecule has 0 aliphatic carbocycles. The van der Waals surface area contributed by atoms with E-state index in [0.29, 0.717) is 6.79 Å². The highest BCUT2D eigenvalue weighted by molar-refractivity contribution is 5.88. The molecule has 1 saturated heterocycles. The van der Waals surface area contributed by atoms with Crippen molar-refractivity contribution in [1.29, 1.82) is 0 Å². The van der Waals surface area contributed by atoms with Gasteiger partial charge in [0.15, 0.2) is 11.5 Å². The van der Waals surface area contributed by atoms with Gasteiger partial charge in [-0.1, -0.05) is 36.4 Å². The first-order valence-electron chi connectivity index (χ1n) is 8.51. The van der Waals surface area contributed by atoms with E-state index in [2.05, 4.69) is 18.2 Å². The molecular formula is C20H23NO3. The van der Waals surface area contributed by atoms with Gasteiger partial charge in [0.1, 0.15) is 0 Å². The van der Waals surface area contributed by atoms with Crippen LogP contribution in [0.15, 0.2) is 48.6 Å². The van der Waals surface area contributed by atoms with Gasteiger partial charge in [-0.15, -0.1) is 0 Å². The van der Waals surface area contributed by atoms with Crippen LogP contribution in [0.1, 0.15) is 31.2 Å². The number of nitrogens with zero attached hydrogens (tertiary/aromatic N) is 1. The Labute approximate surface area is 143 Å². The van der Waals surface area contributed by atoms with Gasteiger partial charge in [-0.25, -0.2) is 0 Å². The predicted molar refractivity (Wildman–Crippen MR) is 94.9 cm³/mol. The maximum atomic E-state index is 11.8. The summed E-state index contributed by atoms with van der Waals surface area (Å²) in [7, 11) is 0. The van der Waals surface area contributed by atoms with Crippen molar-refractivity contribution in [2.24, 2.45) is 0 Å². The van der Waals surface area contributed by atoms with E-state index in [1.807, 2.05) is 35.3 Å². The third-order valence-electron chi connectivity index (χ3n) is 4.11. The van der Waals surface area contributed by atoms with Crippen LogP contribution in [0.5, 0.6) is 11.5 Å². The maximum Gasteiger partial charge on any atom is 0.246 e. The predicted octanol–water partition coefficient (Wildman–Crippen LogP) is 3.94. The van der Waals surface area contributed by atoms with Crippen molar-refractivity contribution in [3.63, 3.8) is 0 Å². The summed E-state index contributed by atoms with van der Waals surface area (Å²) in [5, 5.41) is 0. The third-order valence-corrected chi connectivity index (χ3v) is 4.11. The highest BCUT2D eigenvalue weighted by Gasteiger charge is 2.14. The standard InChI is InChI=1S/C20H23NO3/c22-20(21-13-7-8-14-21)10-6-4-2-1-3-5-9-17-11-12-18-19(15-17)24-16-23-18/h2,4-6,9-12,15H,1,3,7-8,13-14,16H2/b4-2-,9-5+,10-6-. The Morgan fingerprint density at radius 1 is 1.04 bits per heavy atom. The molecule has 0 radical (unpaired) electrons. The Bertz CT molecular complexity index is 655. The smallest absolute Gasteiger partial charge is 0.246 e. The van der Waals surface area contributed by atoms with Gasteiger partial charge in [-0.3, -0.25) is 4.79 Å². The van der Waals surface area contributed by atoms with Crippen molar-refractivity contribution in [2.75, 3.05) is 19.9 Å². The Kier molecular flexibility index (Phi) is 5.72. The molecule has 1 aromatic carbocycles. The summed E-state index contributed by atoms with van der Waals surface area (Å²) < 4.78 is 10.7. The van der Waals surface area contributed by atoms with Gasteiger partial charge in [-0.05, 0) is 43.4 Å². The van der Waals surface area contributed by atoms with E-state index in [9.17, 15) is 4.79 Å². The Morgan fingerprint density at radius 3 is 2.71 bits per heavy atom. The molecular weight excluding hydrogens is 302 g/mol. The zero-order valence-electron chi connectivity index (χ0n) is 13.8. The second-order valence-corrected chi connectivity index (χ2v) is 5.91. The van der Waals surface area contributed by atoms with E-state index in [1.165, 1.54) is 0 Å². The lowest BCUT2D eigenvalue weighted by molar-refractivity contribution is -0.124. The zero-order chi connectivity index (χ0) is 16.6. The highest BCUT2D eigenvalue weighted by atomic mass is 16.7. The molecule has 0 unspecified atom stereocenters. The summed E-state index contributed by atoms with van der Waals surface area (Å²) in [5.41, 5.74) is 1.11. The number of hydrogen-bond acceptors (Lipinski definition) is 3. The van der Waals surface area contributed by atoms with Crippen LogP contribution in [-0.4, -0.2) is 30.7 Å². The lowest BCUT2D eigenvalue weighted by Crippen LogP contribution is -2.25. The largest absolute Gasteiger partial charge is 0.454 e. The highest BCUT2D eigenvalue weighted by Crippen LogP contribution is 2.32. The number of fused-ring (bicyclic) bond motifs is 1. The minimum atomic E-state index is 0.125. The van der Waals surface area contributed by atoms with Crippen molar-refractivity contribution in [1.82, 2.24) is 4.90 Å². The fraction of sp³-hybridized carbons (Fsp3) is 0.350. The molecule has 0 N–H and O–H groups in total. The zero-order valence-corrected chi connectivity index (χ0v) is 13.8. The van der Waals surface area contributed by atoms with Crippen LogP contribution in [-0.2, 0) is 4.79 Å².